The van der Waals surface area contributed by atoms with Gasteiger partial charge in [0.1, 0.15) is 0 Å². The SMILES string of the molecule is CN(C(=O)c1cccc(-n2nc(C(F)(F)F)c3c2CCN(C(=O)c2ccc(C(=O)O)cc2)C3)c1)c1ccc2c(c1)OCO2. The summed E-state index contributed by atoms with van der Waals surface area (Å²) < 4.78 is 54.3. The van der Waals surface area contributed by atoms with Crippen molar-refractivity contribution in [2.75, 3.05) is 25.3 Å². The number of ether oxygens (including phenoxy) is 2. The summed E-state index contributed by atoms with van der Waals surface area (Å²) in [5, 5.41) is 13.0. The van der Waals surface area contributed by atoms with Crippen LogP contribution in [0, 0.1) is 0 Å². The number of nitrogens with zero attached hydrogens (tertiary/aromatic N) is 4. The van der Waals surface area contributed by atoms with E-state index in [9.17, 15) is 27.6 Å². The fourth-order valence-electron chi connectivity index (χ4n) is 5.15. The maximum Gasteiger partial charge on any atom is 0.435 e. The summed E-state index contributed by atoms with van der Waals surface area (Å²) in [4.78, 5) is 40.3. The van der Waals surface area contributed by atoms with E-state index < -0.39 is 29.7 Å². The van der Waals surface area contributed by atoms with E-state index in [1.165, 1.54) is 44.8 Å². The van der Waals surface area contributed by atoms with E-state index in [2.05, 4.69) is 5.10 Å². The van der Waals surface area contributed by atoms with Crippen molar-refractivity contribution in [2.24, 2.45) is 0 Å². The number of anilines is 1. The Labute approximate surface area is 242 Å². The minimum atomic E-state index is -4.79. The molecule has 3 heterocycles. The van der Waals surface area contributed by atoms with E-state index in [1.54, 1.807) is 43.4 Å². The smallest absolute Gasteiger partial charge is 0.435 e. The van der Waals surface area contributed by atoms with Crippen LogP contribution in [0.1, 0.15) is 48.0 Å². The van der Waals surface area contributed by atoms with Crippen LogP contribution in [0.25, 0.3) is 5.69 Å². The Hall–Kier alpha value is -5.33. The van der Waals surface area contributed by atoms with Gasteiger partial charge in [0.15, 0.2) is 17.2 Å². The molecular weight excluding hydrogens is 569 g/mol. The van der Waals surface area contributed by atoms with Gasteiger partial charge in [0.25, 0.3) is 11.8 Å². The van der Waals surface area contributed by atoms with Crippen LogP contribution in [0.2, 0.25) is 0 Å². The lowest BCUT2D eigenvalue weighted by Gasteiger charge is -2.28. The lowest BCUT2D eigenvalue weighted by Crippen LogP contribution is -2.37. The van der Waals surface area contributed by atoms with Gasteiger partial charge in [-0.15, -0.1) is 0 Å². The third kappa shape index (κ3) is 5.13. The first-order valence-electron chi connectivity index (χ1n) is 13.1. The Morgan fingerprint density at radius 2 is 1.65 bits per heavy atom. The van der Waals surface area contributed by atoms with Crippen LogP contribution in [-0.2, 0) is 19.1 Å². The molecule has 3 aromatic carbocycles. The molecule has 0 atom stereocenters. The predicted molar refractivity (Wildman–Crippen MR) is 146 cm³/mol. The predicted octanol–water partition coefficient (Wildman–Crippen LogP) is 4.79. The van der Waals surface area contributed by atoms with E-state index in [1.807, 2.05) is 0 Å². The molecule has 6 rings (SSSR count). The highest BCUT2D eigenvalue weighted by Gasteiger charge is 2.41. The molecule has 0 unspecified atom stereocenters. The average molecular weight is 593 g/mol. The van der Waals surface area contributed by atoms with Gasteiger partial charge in [-0.05, 0) is 54.6 Å². The maximum absolute atomic E-state index is 14.2. The van der Waals surface area contributed by atoms with Gasteiger partial charge in [-0.25, -0.2) is 9.48 Å². The molecule has 10 nitrogen and oxygen atoms in total. The van der Waals surface area contributed by atoms with Gasteiger partial charge in [0, 0.05) is 55.0 Å². The highest BCUT2D eigenvalue weighted by molar-refractivity contribution is 6.06. The summed E-state index contributed by atoms with van der Waals surface area (Å²) in [7, 11) is 1.57. The molecule has 13 heteroatoms. The van der Waals surface area contributed by atoms with Gasteiger partial charge >= 0.3 is 12.1 Å². The summed E-state index contributed by atoms with van der Waals surface area (Å²) in [6.07, 6.45) is -4.72. The molecular formula is C30H23F3N4O6. The second-order valence-electron chi connectivity index (χ2n) is 9.99. The molecule has 2 aliphatic heterocycles. The standard InChI is InChI=1S/C30H23F3N4O6/c1-35(20-9-10-24-25(14-20)43-16-42-24)27(38)19-3-2-4-21(13-19)37-23-11-12-36(15-22(23)26(34-37)30(31,32)33)28(39)17-5-7-18(8-6-17)29(40)41/h2-10,13-14H,11-12,15-16H2,1H3,(H,40,41). The summed E-state index contributed by atoms with van der Waals surface area (Å²) in [6.45, 7) is -0.144. The molecule has 4 aromatic rings. The number of benzene rings is 3. The summed E-state index contributed by atoms with van der Waals surface area (Å²) in [5.74, 6) is -1.02. The second kappa shape index (κ2) is 10.5. The average Bonchev–Trinajstić information content (AvgIpc) is 3.64. The largest absolute Gasteiger partial charge is 0.478 e. The van der Waals surface area contributed by atoms with Crippen LogP contribution >= 0.6 is 0 Å². The lowest BCUT2D eigenvalue weighted by atomic mass is 10.0. The van der Waals surface area contributed by atoms with Gasteiger partial charge in [0.2, 0.25) is 6.79 Å². The first kappa shape index (κ1) is 27.8. The van der Waals surface area contributed by atoms with Crippen LogP contribution in [0.15, 0.2) is 66.7 Å². The molecule has 0 saturated heterocycles. The Bertz CT molecular complexity index is 1770. The number of rotatable bonds is 5. The minimum Gasteiger partial charge on any atom is -0.478 e. The molecule has 2 aliphatic rings. The van der Waals surface area contributed by atoms with Crippen LogP contribution in [0.4, 0.5) is 18.9 Å². The minimum absolute atomic E-state index is 0.0130. The van der Waals surface area contributed by atoms with Gasteiger partial charge in [0.05, 0.1) is 16.9 Å². The number of alkyl halides is 3. The molecule has 0 radical (unpaired) electrons. The molecule has 0 aliphatic carbocycles. The topological polar surface area (TPSA) is 114 Å². The summed E-state index contributed by atoms with van der Waals surface area (Å²) >= 11 is 0. The van der Waals surface area contributed by atoms with Crippen molar-refractivity contribution in [1.29, 1.82) is 0 Å². The normalized spacial score (nSPS) is 13.9. The number of carboxylic acids is 1. The van der Waals surface area contributed by atoms with Gasteiger partial charge in [-0.3, -0.25) is 9.59 Å². The van der Waals surface area contributed by atoms with Crippen molar-refractivity contribution in [2.45, 2.75) is 19.1 Å². The van der Waals surface area contributed by atoms with E-state index in [-0.39, 0.29) is 59.9 Å². The summed E-state index contributed by atoms with van der Waals surface area (Å²) in [5.41, 5.74) is 0.213. The van der Waals surface area contributed by atoms with Gasteiger partial charge in [-0.1, -0.05) is 6.07 Å². The number of carbonyl (C=O) groups is 3. The molecule has 0 fully saturated rings. The lowest BCUT2D eigenvalue weighted by molar-refractivity contribution is -0.142. The fourth-order valence-corrected chi connectivity index (χ4v) is 5.15. The Morgan fingerprint density at radius 1 is 0.930 bits per heavy atom. The molecule has 1 N–H and O–H groups in total. The molecule has 0 spiro atoms. The van der Waals surface area contributed by atoms with Crippen LogP contribution in [-0.4, -0.2) is 58.0 Å². The van der Waals surface area contributed by atoms with Crippen LogP contribution in [0.3, 0.4) is 0 Å². The second-order valence-corrected chi connectivity index (χ2v) is 9.99. The number of aromatic nitrogens is 2. The van der Waals surface area contributed by atoms with Crippen LogP contribution < -0.4 is 14.4 Å². The van der Waals surface area contributed by atoms with Crippen molar-refractivity contribution in [1.82, 2.24) is 14.7 Å². The monoisotopic (exact) mass is 592 g/mol. The molecule has 1 aromatic heterocycles. The summed E-state index contributed by atoms with van der Waals surface area (Å²) in [6, 6.07) is 16.4. The Kier molecular flexibility index (Phi) is 6.79. The van der Waals surface area contributed by atoms with Crippen molar-refractivity contribution >= 4 is 23.5 Å². The van der Waals surface area contributed by atoms with Crippen molar-refractivity contribution in [3.63, 3.8) is 0 Å². The first-order chi connectivity index (χ1) is 20.5. The molecule has 0 saturated carbocycles. The van der Waals surface area contributed by atoms with Crippen molar-refractivity contribution in [3.8, 4) is 17.2 Å². The molecule has 0 bridgehead atoms. The zero-order valence-electron chi connectivity index (χ0n) is 22.6. The number of halogens is 3. The highest BCUT2D eigenvalue weighted by atomic mass is 19.4. The molecule has 2 amide bonds. The van der Waals surface area contributed by atoms with Gasteiger partial charge < -0.3 is 24.4 Å². The third-order valence-corrected chi connectivity index (χ3v) is 7.38. The van der Waals surface area contributed by atoms with E-state index in [4.69, 9.17) is 14.6 Å². The van der Waals surface area contributed by atoms with Crippen molar-refractivity contribution < 1.29 is 42.1 Å². The van der Waals surface area contributed by atoms with Crippen LogP contribution in [0.5, 0.6) is 11.5 Å². The zero-order valence-corrected chi connectivity index (χ0v) is 22.6. The van der Waals surface area contributed by atoms with Crippen molar-refractivity contribution in [3.05, 3.63) is 100 Å². The Balaban J connectivity index is 1.29. The zero-order chi connectivity index (χ0) is 30.5. The number of aromatic carboxylic acids is 1. The number of amides is 2. The first-order valence-corrected chi connectivity index (χ1v) is 13.1. The number of carboxylic acid groups (broad SMARTS) is 1. The number of carbonyl (C=O) groups excluding carboxylic acids is 2. The third-order valence-electron chi connectivity index (χ3n) is 7.38. The van der Waals surface area contributed by atoms with Gasteiger partial charge in [-0.2, -0.15) is 18.3 Å². The Morgan fingerprint density at radius 3 is 2.37 bits per heavy atom. The van der Waals surface area contributed by atoms with E-state index in [0.29, 0.717) is 17.2 Å². The maximum atomic E-state index is 14.2. The number of hydrogen-bond acceptors (Lipinski definition) is 6. The molecule has 43 heavy (non-hydrogen) atoms. The number of fused-ring (bicyclic) bond motifs is 2. The highest BCUT2D eigenvalue weighted by Crippen LogP contribution is 2.37. The number of hydrogen-bond donors (Lipinski definition) is 1. The van der Waals surface area contributed by atoms with E-state index in [0.717, 1.165) is 0 Å². The fraction of sp³-hybridized carbons (Fsp3) is 0.200. The van der Waals surface area contributed by atoms with E-state index >= 15 is 0 Å². The molecule has 220 valence electrons. The quantitative estimate of drug-likeness (QED) is 0.354.